The van der Waals surface area contributed by atoms with E-state index in [1.54, 1.807) is 11.3 Å². The zero-order chi connectivity index (χ0) is 31.1. The second kappa shape index (κ2) is 13.5. The van der Waals surface area contributed by atoms with E-state index in [0.29, 0.717) is 0 Å². The Labute approximate surface area is 282 Å². The Hall–Kier alpha value is -3.15. The van der Waals surface area contributed by atoms with E-state index in [0.717, 1.165) is 33.5 Å². The third-order valence-electron chi connectivity index (χ3n) is 7.73. The molecule has 0 N–H and O–H groups in total. The Balaban J connectivity index is 0.000000202. The van der Waals surface area contributed by atoms with E-state index in [1.165, 1.54) is 35.5 Å². The Morgan fingerprint density at radius 1 is 0.841 bits per heavy atom. The van der Waals surface area contributed by atoms with Gasteiger partial charge in [0.05, 0.1) is 0 Å². The molecule has 2 nitrogen and oxygen atoms in total. The number of aryl methyl sites for hydroxylation is 1. The minimum absolute atomic E-state index is 0. The van der Waals surface area contributed by atoms with Crippen molar-refractivity contribution < 1.29 is 21.5 Å². The van der Waals surface area contributed by atoms with Crippen LogP contribution >= 0.6 is 11.3 Å². The van der Waals surface area contributed by atoms with Crippen LogP contribution in [0.1, 0.15) is 32.2 Å². The third kappa shape index (κ3) is 6.74. The van der Waals surface area contributed by atoms with Crippen LogP contribution in [0.4, 0.5) is 0 Å². The van der Waals surface area contributed by atoms with E-state index in [9.17, 15) is 0 Å². The summed E-state index contributed by atoms with van der Waals surface area (Å²) in [5.41, 5.74) is 6.18. The SMILES string of the molecule is [2H]C(C)(C)c1ccnc(-c2[c-]c3cc(C)ccc3c3c2sc2ccccc23)c1.[CH3][Ge]([CH3])([CH3])[c]1ccc(-c2[c-]cccc2)nc1.[Ir]. The standard InChI is InChI=1S/C25H20NS.C14H16GeN.Ir/c1-15(2)17-10-11-26-22(14-17)21-13-18-12-16(3)8-9-19(18)24-20-6-4-5-7-23(20)27-25(21)24;1-15(2,3)13-9-10-14(16-11-13)12-7-5-4-6-8-12;/h4-12,14-15H,1-3H3;4-7,9-11H,1-3H3;/q2*-1;/i15D;;. The summed E-state index contributed by atoms with van der Waals surface area (Å²) >= 11 is 0.0815. The normalized spacial score (nSPS) is 12.0. The molecule has 0 atom stereocenters. The van der Waals surface area contributed by atoms with Gasteiger partial charge in [-0.3, -0.25) is 4.98 Å². The Kier molecular flexibility index (Phi) is 9.44. The maximum absolute atomic E-state index is 8.41. The van der Waals surface area contributed by atoms with Crippen molar-refractivity contribution in [3.05, 3.63) is 127 Å². The molecule has 5 heteroatoms. The second-order valence-electron chi connectivity index (χ2n) is 12.2. The molecule has 4 aromatic carbocycles. The molecule has 3 heterocycles. The fraction of sp³-hybridized carbons (Fsp3) is 0.179. The maximum Gasteiger partial charge on any atom is 0 e. The Morgan fingerprint density at radius 2 is 1.64 bits per heavy atom. The molecular formula is C39H36GeIrN2S-2. The fourth-order valence-corrected chi connectivity index (χ4v) is 8.67. The van der Waals surface area contributed by atoms with Gasteiger partial charge in [-0.25, -0.2) is 0 Å². The van der Waals surface area contributed by atoms with Gasteiger partial charge in [-0.1, -0.05) is 72.1 Å². The molecule has 3 aromatic heterocycles. The number of hydrogen-bond acceptors (Lipinski definition) is 3. The average Bonchev–Trinajstić information content (AvgIpc) is 3.40. The van der Waals surface area contributed by atoms with Crippen LogP contribution in [-0.4, -0.2) is 23.2 Å². The molecule has 0 fully saturated rings. The topological polar surface area (TPSA) is 25.8 Å². The van der Waals surface area contributed by atoms with Crippen LogP contribution in [-0.2, 0) is 20.1 Å². The number of benzene rings is 4. The molecule has 0 saturated heterocycles. The molecule has 44 heavy (non-hydrogen) atoms. The van der Waals surface area contributed by atoms with Gasteiger partial charge in [-0.2, -0.15) is 11.3 Å². The molecule has 1 radical (unpaired) electrons. The van der Waals surface area contributed by atoms with Crippen molar-refractivity contribution in [2.24, 2.45) is 0 Å². The van der Waals surface area contributed by atoms with Gasteiger partial charge in [-0.05, 0) is 40.6 Å². The summed E-state index contributed by atoms with van der Waals surface area (Å²) < 4.78 is 12.3. The molecule has 0 aliphatic rings. The zero-order valence-electron chi connectivity index (χ0n) is 27.0. The van der Waals surface area contributed by atoms with Gasteiger partial charge in [0.1, 0.15) is 0 Å². The molecule has 0 bridgehead atoms. The van der Waals surface area contributed by atoms with Gasteiger partial charge in [0, 0.05) is 38.1 Å². The van der Waals surface area contributed by atoms with Gasteiger partial charge in [0.25, 0.3) is 0 Å². The van der Waals surface area contributed by atoms with Crippen molar-refractivity contribution in [1.82, 2.24) is 9.97 Å². The minimum atomic E-state index is -1.72. The molecule has 0 aliphatic carbocycles. The first-order valence-electron chi connectivity index (χ1n) is 15.2. The second-order valence-corrected chi connectivity index (χ2v) is 23.9. The van der Waals surface area contributed by atoms with Crippen molar-refractivity contribution in [2.45, 2.75) is 43.9 Å². The average molecular weight is 831 g/mol. The molecule has 223 valence electrons. The quantitative estimate of drug-likeness (QED) is 0.130. The van der Waals surface area contributed by atoms with Gasteiger partial charge in [0.15, 0.2) is 0 Å². The number of hydrogen-bond donors (Lipinski definition) is 0. The van der Waals surface area contributed by atoms with E-state index in [-0.39, 0.29) is 20.1 Å². The molecule has 0 saturated carbocycles. The van der Waals surface area contributed by atoms with Crippen molar-refractivity contribution in [2.75, 3.05) is 0 Å². The largest absolute Gasteiger partial charge is 0 e. The van der Waals surface area contributed by atoms with Gasteiger partial charge < -0.3 is 0 Å². The molecule has 0 unspecified atom stereocenters. The minimum Gasteiger partial charge on any atom is 0 e. The summed E-state index contributed by atoms with van der Waals surface area (Å²) in [6.45, 7) is 5.94. The first-order chi connectivity index (χ1) is 21.0. The van der Waals surface area contributed by atoms with Crippen LogP contribution in [0.2, 0.25) is 17.3 Å². The number of aromatic nitrogens is 2. The number of pyridine rings is 2. The predicted molar refractivity (Wildman–Crippen MR) is 189 cm³/mol. The number of fused-ring (bicyclic) bond motifs is 5. The smallest absolute Gasteiger partial charge is 0 e. The fourth-order valence-electron chi connectivity index (χ4n) is 5.27. The number of thiophene rings is 1. The summed E-state index contributed by atoms with van der Waals surface area (Å²) in [5.74, 6) is 6.48. The molecule has 0 spiro atoms. The van der Waals surface area contributed by atoms with E-state index in [4.69, 9.17) is 1.37 Å². The summed E-state index contributed by atoms with van der Waals surface area (Å²) in [6.07, 6.45) is 3.85. The predicted octanol–water partition coefficient (Wildman–Crippen LogP) is 10.6. The Bertz CT molecular complexity index is 2090. The third-order valence-corrected chi connectivity index (χ3v) is 13.2. The van der Waals surface area contributed by atoms with Gasteiger partial charge in [-0.15, -0.1) is 17.5 Å². The van der Waals surface area contributed by atoms with Crippen LogP contribution < -0.4 is 4.40 Å². The zero-order valence-corrected chi connectivity index (χ0v) is 31.3. The van der Waals surface area contributed by atoms with E-state index >= 15 is 0 Å². The van der Waals surface area contributed by atoms with E-state index < -0.39 is 19.2 Å². The Morgan fingerprint density at radius 3 is 2.34 bits per heavy atom. The first-order valence-corrected chi connectivity index (χ1v) is 22.8. The van der Waals surface area contributed by atoms with Crippen molar-refractivity contribution in [3.8, 4) is 22.5 Å². The van der Waals surface area contributed by atoms with Crippen molar-refractivity contribution in [3.63, 3.8) is 0 Å². The maximum atomic E-state index is 8.41. The monoisotopic (exact) mass is 832 g/mol. The van der Waals surface area contributed by atoms with Crippen LogP contribution in [0.3, 0.4) is 0 Å². The molecule has 7 aromatic rings. The van der Waals surface area contributed by atoms with Gasteiger partial charge >= 0.3 is 99.8 Å². The molecular weight excluding hydrogens is 793 g/mol. The number of nitrogens with zero attached hydrogens (tertiary/aromatic N) is 2. The van der Waals surface area contributed by atoms with Crippen molar-refractivity contribution >= 4 is 59.9 Å². The summed E-state index contributed by atoms with van der Waals surface area (Å²) in [6, 6.07) is 38.3. The summed E-state index contributed by atoms with van der Waals surface area (Å²) in [7, 11) is 0. The summed E-state index contributed by atoms with van der Waals surface area (Å²) in [5, 5.41) is 4.91. The van der Waals surface area contributed by atoms with Crippen LogP contribution in [0.5, 0.6) is 0 Å². The summed E-state index contributed by atoms with van der Waals surface area (Å²) in [4.78, 5) is 9.20. The molecule has 0 aliphatic heterocycles. The molecule has 7 rings (SSSR count). The van der Waals surface area contributed by atoms with Crippen LogP contribution in [0.15, 0.2) is 103 Å². The van der Waals surface area contributed by atoms with E-state index in [1.807, 2.05) is 62.6 Å². The van der Waals surface area contributed by atoms with Crippen molar-refractivity contribution in [1.29, 1.82) is 0 Å². The van der Waals surface area contributed by atoms with Gasteiger partial charge in [0.2, 0.25) is 0 Å². The molecule has 0 amide bonds. The first kappa shape index (κ1) is 30.9. The van der Waals surface area contributed by atoms with Crippen LogP contribution in [0, 0.1) is 19.1 Å². The van der Waals surface area contributed by atoms with Crippen LogP contribution in [0.25, 0.3) is 53.5 Å². The number of rotatable bonds is 4. The van der Waals surface area contributed by atoms with E-state index in [2.05, 4.69) is 101 Å².